The third-order valence-electron chi connectivity index (χ3n) is 4.34. The van der Waals surface area contributed by atoms with Crippen molar-refractivity contribution in [3.05, 3.63) is 40.3 Å². The van der Waals surface area contributed by atoms with Crippen LogP contribution in [0.2, 0.25) is 0 Å². The van der Waals surface area contributed by atoms with Crippen molar-refractivity contribution in [1.82, 2.24) is 14.7 Å². The Hall–Kier alpha value is -1.13. The first kappa shape index (κ1) is 13.8. The van der Waals surface area contributed by atoms with Crippen LogP contribution in [0.3, 0.4) is 0 Å². The molecule has 1 aliphatic rings. The zero-order valence-electron chi connectivity index (χ0n) is 12.2. The number of aromatic nitrogens is 2. The van der Waals surface area contributed by atoms with Crippen LogP contribution < -0.4 is 0 Å². The molecular weight excluding hydrogens is 266 g/mol. The van der Waals surface area contributed by atoms with Gasteiger partial charge in [-0.1, -0.05) is 12.5 Å². The molecule has 0 bridgehead atoms. The molecule has 3 rings (SSSR count). The summed E-state index contributed by atoms with van der Waals surface area (Å²) in [4.78, 5) is 4.18. The van der Waals surface area contributed by atoms with Gasteiger partial charge in [0.05, 0.1) is 5.69 Å². The summed E-state index contributed by atoms with van der Waals surface area (Å²) in [6.45, 7) is 2.28. The first-order chi connectivity index (χ1) is 9.83. The molecule has 0 aromatic carbocycles. The van der Waals surface area contributed by atoms with E-state index in [4.69, 9.17) is 0 Å². The fraction of sp³-hybridized carbons (Fsp3) is 0.562. The van der Waals surface area contributed by atoms with Crippen molar-refractivity contribution >= 4 is 11.3 Å². The lowest BCUT2D eigenvalue weighted by Crippen LogP contribution is -2.39. The van der Waals surface area contributed by atoms with E-state index in [0.29, 0.717) is 0 Å². The second-order valence-corrected chi connectivity index (χ2v) is 6.72. The van der Waals surface area contributed by atoms with Crippen LogP contribution in [0.15, 0.2) is 29.8 Å². The van der Waals surface area contributed by atoms with Crippen molar-refractivity contribution in [3.8, 4) is 0 Å². The summed E-state index contributed by atoms with van der Waals surface area (Å²) in [5, 5.41) is 6.47. The minimum Gasteiger partial charge on any atom is -0.295 e. The maximum Gasteiger partial charge on any atom is 0.0521 e. The van der Waals surface area contributed by atoms with Crippen LogP contribution in [0, 0.1) is 0 Å². The van der Waals surface area contributed by atoms with Gasteiger partial charge in [-0.15, -0.1) is 11.3 Å². The van der Waals surface area contributed by atoms with Crippen molar-refractivity contribution in [2.75, 3.05) is 6.54 Å². The lowest BCUT2D eigenvalue weighted by Gasteiger charge is -2.35. The summed E-state index contributed by atoms with van der Waals surface area (Å²) >= 11 is 1.89. The molecule has 0 N–H and O–H groups in total. The Morgan fingerprint density at radius 2 is 2.30 bits per heavy atom. The quantitative estimate of drug-likeness (QED) is 0.840. The smallest absolute Gasteiger partial charge is 0.0521 e. The Morgan fingerprint density at radius 3 is 3.05 bits per heavy atom. The third kappa shape index (κ3) is 3.30. The fourth-order valence-electron chi connectivity index (χ4n) is 3.12. The van der Waals surface area contributed by atoms with Gasteiger partial charge >= 0.3 is 0 Å². The number of nitrogens with zero attached hydrogens (tertiary/aromatic N) is 3. The van der Waals surface area contributed by atoms with E-state index in [2.05, 4.69) is 33.6 Å². The summed E-state index contributed by atoms with van der Waals surface area (Å²) in [7, 11) is 2.04. The summed E-state index contributed by atoms with van der Waals surface area (Å²) in [5.41, 5.74) is 1.33. The minimum absolute atomic E-state index is 0.737. The molecule has 1 fully saturated rings. The van der Waals surface area contributed by atoms with E-state index in [1.165, 1.54) is 49.2 Å². The Kier molecular flexibility index (Phi) is 4.53. The van der Waals surface area contributed by atoms with Crippen molar-refractivity contribution in [3.63, 3.8) is 0 Å². The van der Waals surface area contributed by atoms with Gasteiger partial charge in [0.15, 0.2) is 0 Å². The molecule has 0 saturated carbocycles. The van der Waals surface area contributed by atoms with E-state index in [0.717, 1.165) is 12.6 Å². The van der Waals surface area contributed by atoms with Crippen LogP contribution in [0.5, 0.6) is 0 Å². The Labute approximate surface area is 125 Å². The Morgan fingerprint density at radius 1 is 1.35 bits per heavy atom. The molecule has 4 heteroatoms. The van der Waals surface area contributed by atoms with Crippen molar-refractivity contribution < 1.29 is 0 Å². The zero-order valence-corrected chi connectivity index (χ0v) is 13.0. The molecule has 2 aromatic heterocycles. The number of hydrogen-bond acceptors (Lipinski definition) is 3. The molecule has 3 heterocycles. The number of hydrogen-bond donors (Lipinski definition) is 0. The van der Waals surface area contributed by atoms with Gasteiger partial charge in [-0.05, 0) is 49.7 Å². The summed E-state index contributed by atoms with van der Waals surface area (Å²) in [6.07, 6.45) is 8.50. The van der Waals surface area contributed by atoms with Gasteiger partial charge in [0.25, 0.3) is 0 Å². The topological polar surface area (TPSA) is 21.1 Å². The van der Waals surface area contributed by atoms with Gasteiger partial charge < -0.3 is 0 Å². The number of aryl methyl sites for hydroxylation is 2. The van der Waals surface area contributed by atoms with Crippen LogP contribution in [0.4, 0.5) is 0 Å². The van der Waals surface area contributed by atoms with Gasteiger partial charge in [0.1, 0.15) is 0 Å². The molecular formula is C16H23N3S. The van der Waals surface area contributed by atoms with Gasteiger partial charge in [0, 0.05) is 30.7 Å². The predicted octanol–water partition coefficient (Wildman–Crippen LogP) is 3.47. The van der Waals surface area contributed by atoms with Crippen molar-refractivity contribution in [2.45, 2.75) is 44.7 Å². The largest absolute Gasteiger partial charge is 0.295 e. The summed E-state index contributed by atoms with van der Waals surface area (Å²) in [6, 6.07) is 7.30. The van der Waals surface area contributed by atoms with Crippen LogP contribution in [0.25, 0.3) is 0 Å². The van der Waals surface area contributed by atoms with Gasteiger partial charge in [0.2, 0.25) is 0 Å². The summed E-state index contributed by atoms with van der Waals surface area (Å²) in [5.74, 6) is 0. The SMILES string of the molecule is Cn1nccc1CN1CCCC[C@H]1CCc1cccs1. The molecule has 20 heavy (non-hydrogen) atoms. The molecule has 0 unspecified atom stereocenters. The number of thiophene rings is 1. The maximum atomic E-state index is 4.29. The monoisotopic (exact) mass is 289 g/mol. The molecule has 3 nitrogen and oxygen atoms in total. The predicted molar refractivity (Wildman–Crippen MR) is 83.9 cm³/mol. The molecule has 0 radical (unpaired) electrons. The lowest BCUT2D eigenvalue weighted by atomic mass is 9.97. The fourth-order valence-corrected chi connectivity index (χ4v) is 3.85. The number of likely N-dealkylation sites (tertiary alicyclic amines) is 1. The molecule has 0 aliphatic carbocycles. The minimum atomic E-state index is 0.737. The molecule has 1 atom stereocenters. The van der Waals surface area contributed by atoms with E-state index >= 15 is 0 Å². The van der Waals surface area contributed by atoms with Crippen molar-refractivity contribution in [1.29, 1.82) is 0 Å². The van der Waals surface area contributed by atoms with Gasteiger partial charge in [-0.2, -0.15) is 5.10 Å². The highest BCUT2D eigenvalue weighted by molar-refractivity contribution is 7.09. The number of rotatable bonds is 5. The van der Waals surface area contributed by atoms with Crippen LogP contribution in [-0.2, 0) is 20.0 Å². The molecule has 108 valence electrons. The van der Waals surface area contributed by atoms with E-state index in [9.17, 15) is 0 Å². The average Bonchev–Trinajstić information content (AvgIpc) is 3.11. The van der Waals surface area contributed by atoms with E-state index < -0.39 is 0 Å². The van der Waals surface area contributed by atoms with E-state index in [-0.39, 0.29) is 0 Å². The molecule has 0 amide bonds. The standard InChI is InChI=1S/C16H23N3S/c1-18-15(9-10-17-18)13-19-11-3-2-5-14(19)7-8-16-6-4-12-20-16/h4,6,9-10,12,14H,2-3,5,7-8,11,13H2,1H3/t14-/m0/s1. The third-order valence-corrected chi connectivity index (χ3v) is 5.28. The average molecular weight is 289 g/mol. The first-order valence-corrected chi connectivity index (χ1v) is 8.44. The second-order valence-electron chi connectivity index (χ2n) is 5.68. The molecule has 1 saturated heterocycles. The van der Waals surface area contributed by atoms with E-state index in [1.807, 2.05) is 29.3 Å². The highest BCUT2D eigenvalue weighted by Gasteiger charge is 2.23. The van der Waals surface area contributed by atoms with Gasteiger partial charge in [-0.3, -0.25) is 9.58 Å². The van der Waals surface area contributed by atoms with Crippen LogP contribution in [0.1, 0.15) is 36.3 Å². The molecule has 2 aromatic rings. The van der Waals surface area contributed by atoms with E-state index in [1.54, 1.807) is 0 Å². The normalized spacial score (nSPS) is 20.4. The Bertz CT molecular complexity index is 518. The number of piperidine rings is 1. The Balaban J connectivity index is 1.60. The maximum absolute atomic E-state index is 4.29. The van der Waals surface area contributed by atoms with Gasteiger partial charge in [-0.25, -0.2) is 0 Å². The first-order valence-electron chi connectivity index (χ1n) is 7.56. The second kappa shape index (κ2) is 6.55. The summed E-state index contributed by atoms with van der Waals surface area (Å²) < 4.78 is 2.00. The lowest BCUT2D eigenvalue weighted by molar-refractivity contribution is 0.129. The van der Waals surface area contributed by atoms with Crippen LogP contribution in [-0.4, -0.2) is 27.3 Å². The highest BCUT2D eigenvalue weighted by Crippen LogP contribution is 2.24. The zero-order chi connectivity index (χ0) is 13.8. The molecule has 1 aliphatic heterocycles. The highest BCUT2D eigenvalue weighted by atomic mass is 32.1. The molecule has 0 spiro atoms. The van der Waals surface area contributed by atoms with Crippen molar-refractivity contribution in [2.24, 2.45) is 7.05 Å². The van der Waals surface area contributed by atoms with Crippen LogP contribution >= 0.6 is 11.3 Å².